The van der Waals surface area contributed by atoms with Gasteiger partial charge in [0.1, 0.15) is 5.78 Å². The second-order valence-electron chi connectivity index (χ2n) is 4.21. The van der Waals surface area contributed by atoms with Crippen LogP contribution >= 0.6 is 0 Å². The molecular weight excluding hydrogens is 160 g/mol. The standard InChI is InChI=1S/C12H12O/c13-12-7-10-5-8-3-1-2-4-9(8)6-11(10)12/h1-4,10-11H,5-7H2. The van der Waals surface area contributed by atoms with Crippen molar-refractivity contribution >= 4 is 5.78 Å². The highest BCUT2D eigenvalue weighted by atomic mass is 16.1. The van der Waals surface area contributed by atoms with E-state index in [1.165, 1.54) is 11.1 Å². The van der Waals surface area contributed by atoms with Crippen LogP contribution in [-0.4, -0.2) is 5.78 Å². The van der Waals surface area contributed by atoms with E-state index in [4.69, 9.17) is 0 Å². The van der Waals surface area contributed by atoms with Crippen LogP contribution < -0.4 is 0 Å². The lowest BCUT2D eigenvalue weighted by atomic mass is 9.63. The van der Waals surface area contributed by atoms with Crippen molar-refractivity contribution in [1.29, 1.82) is 0 Å². The Morgan fingerprint density at radius 2 is 1.69 bits per heavy atom. The van der Waals surface area contributed by atoms with E-state index in [9.17, 15) is 4.79 Å². The maximum atomic E-state index is 11.3. The molecule has 0 amide bonds. The van der Waals surface area contributed by atoms with Gasteiger partial charge in [-0.25, -0.2) is 0 Å². The summed E-state index contributed by atoms with van der Waals surface area (Å²) in [6.45, 7) is 0. The van der Waals surface area contributed by atoms with E-state index in [0.29, 0.717) is 17.6 Å². The van der Waals surface area contributed by atoms with Crippen LogP contribution in [-0.2, 0) is 17.6 Å². The summed E-state index contributed by atoms with van der Waals surface area (Å²) in [6.07, 6.45) is 2.96. The summed E-state index contributed by atoms with van der Waals surface area (Å²) < 4.78 is 0. The Kier molecular flexibility index (Phi) is 1.37. The molecule has 66 valence electrons. The van der Waals surface area contributed by atoms with E-state index in [1.54, 1.807) is 0 Å². The minimum absolute atomic E-state index is 0.370. The summed E-state index contributed by atoms with van der Waals surface area (Å²) in [5.41, 5.74) is 2.87. The van der Waals surface area contributed by atoms with Gasteiger partial charge in [0, 0.05) is 12.3 Å². The number of carbonyl (C=O) groups is 1. The molecular formula is C12H12O. The topological polar surface area (TPSA) is 17.1 Å². The zero-order valence-corrected chi connectivity index (χ0v) is 7.49. The van der Waals surface area contributed by atoms with Crippen molar-refractivity contribution in [2.24, 2.45) is 11.8 Å². The fourth-order valence-electron chi connectivity index (χ4n) is 2.62. The molecule has 0 N–H and O–H groups in total. The minimum atomic E-state index is 0.370. The highest BCUT2D eigenvalue weighted by Crippen LogP contribution is 2.40. The molecule has 0 spiro atoms. The summed E-state index contributed by atoms with van der Waals surface area (Å²) in [5.74, 6) is 1.52. The lowest BCUT2D eigenvalue weighted by molar-refractivity contribution is -0.134. The highest BCUT2D eigenvalue weighted by molar-refractivity contribution is 5.88. The van der Waals surface area contributed by atoms with Gasteiger partial charge in [0.25, 0.3) is 0 Å². The number of benzene rings is 1. The molecule has 2 aliphatic rings. The van der Waals surface area contributed by atoms with Gasteiger partial charge in [-0.2, -0.15) is 0 Å². The second-order valence-corrected chi connectivity index (χ2v) is 4.21. The number of hydrogen-bond donors (Lipinski definition) is 0. The van der Waals surface area contributed by atoms with Crippen molar-refractivity contribution in [3.8, 4) is 0 Å². The summed E-state index contributed by atoms with van der Waals surface area (Å²) in [4.78, 5) is 11.3. The number of carbonyl (C=O) groups excluding carboxylic acids is 1. The summed E-state index contributed by atoms with van der Waals surface area (Å²) in [7, 11) is 0. The molecule has 1 aromatic carbocycles. The third-order valence-corrected chi connectivity index (χ3v) is 3.49. The van der Waals surface area contributed by atoms with Gasteiger partial charge in [-0.15, -0.1) is 0 Å². The Hall–Kier alpha value is -1.11. The fraction of sp³-hybridized carbons (Fsp3) is 0.417. The van der Waals surface area contributed by atoms with E-state index < -0.39 is 0 Å². The van der Waals surface area contributed by atoms with E-state index in [2.05, 4.69) is 24.3 Å². The van der Waals surface area contributed by atoms with Gasteiger partial charge in [-0.3, -0.25) is 4.79 Å². The Morgan fingerprint density at radius 1 is 1.00 bits per heavy atom. The van der Waals surface area contributed by atoms with Crippen LogP contribution in [0.1, 0.15) is 17.5 Å². The minimum Gasteiger partial charge on any atom is -0.299 e. The van der Waals surface area contributed by atoms with E-state index in [0.717, 1.165) is 19.3 Å². The van der Waals surface area contributed by atoms with Gasteiger partial charge in [0.2, 0.25) is 0 Å². The Balaban J connectivity index is 1.99. The zero-order valence-electron chi connectivity index (χ0n) is 7.49. The van der Waals surface area contributed by atoms with Crippen LogP contribution in [0.15, 0.2) is 24.3 Å². The summed E-state index contributed by atoms with van der Waals surface area (Å²) in [5, 5.41) is 0. The maximum absolute atomic E-state index is 11.3. The molecule has 1 saturated carbocycles. The number of ketones is 1. The van der Waals surface area contributed by atoms with Crippen LogP contribution in [0.5, 0.6) is 0 Å². The van der Waals surface area contributed by atoms with E-state index in [1.807, 2.05) is 0 Å². The first-order valence-corrected chi connectivity index (χ1v) is 4.94. The van der Waals surface area contributed by atoms with E-state index in [-0.39, 0.29) is 0 Å². The van der Waals surface area contributed by atoms with Crippen molar-refractivity contribution in [2.75, 3.05) is 0 Å². The first kappa shape index (κ1) is 7.31. The van der Waals surface area contributed by atoms with Crippen LogP contribution in [0, 0.1) is 11.8 Å². The Labute approximate surface area is 77.8 Å². The number of fused-ring (bicyclic) bond motifs is 2. The molecule has 1 aromatic rings. The fourth-order valence-corrected chi connectivity index (χ4v) is 2.62. The van der Waals surface area contributed by atoms with Crippen molar-refractivity contribution in [1.82, 2.24) is 0 Å². The maximum Gasteiger partial charge on any atom is 0.136 e. The summed E-state index contributed by atoms with van der Waals surface area (Å²) in [6, 6.07) is 8.54. The van der Waals surface area contributed by atoms with Crippen LogP contribution in [0.3, 0.4) is 0 Å². The molecule has 1 fully saturated rings. The zero-order chi connectivity index (χ0) is 8.84. The van der Waals surface area contributed by atoms with Crippen LogP contribution in [0.2, 0.25) is 0 Å². The molecule has 0 saturated heterocycles. The average Bonchev–Trinajstić information content (AvgIpc) is 2.16. The normalized spacial score (nSPS) is 30.3. The first-order valence-electron chi connectivity index (χ1n) is 4.94. The molecule has 2 atom stereocenters. The molecule has 0 aromatic heterocycles. The largest absolute Gasteiger partial charge is 0.299 e. The predicted octanol–water partition coefficient (Wildman–Crippen LogP) is 1.99. The molecule has 1 nitrogen and oxygen atoms in total. The molecule has 0 bridgehead atoms. The van der Waals surface area contributed by atoms with Gasteiger partial charge >= 0.3 is 0 Å². The third kappa shape index (κ3) is 0.963. The molecule has 0 radical (unpaired) electrons. The SMILES string of the molecule is O=C1CC2Cc3ccccc3CC12. The van der Waals surface area contributed by atoms with Gasteiger partial charge in [0.15, 0.2) is 0 Å². The quantitative estimate of drug-likeness (QED) is 0.585. The van der Waals surface area contributed by atoms with Gasteiger partial charge in [-0.1, -0.05) is 24.3 Å². The number of Topliss-reactive ketones (excluding diaryl/α,β-unsaturated/α-hetero) is 1. The summed E-state index contributed by atoms with van der Waals surface area (Å²) >= 11 is 0. The van der Waals surface area contributed by atoms with Crippen molar-refractivity contribution in [3.63, 3.8) is 0 Å². The van der Waals surface area contributed by atoms with Gasteiger partial charge in [0.05, 0.1) is 0 Å². The van der Waals surface area contributed by atoms with Gasteiger partial charge < -0.3 is 0 Å². The first-order chi connectivity index (χ1) is 6.34. The smallest absolute Gasteiger partial charge is 0.136 e. The lowest BCUT2D eigenvalue weighted by Crippen LogP contribution is -2.42. The predicted molar refractivity (Wildman–Crippen MR) is 50.5 cm³/mol. The highest BCUT2D eigenvalue weighted by Gasteiger charge is 2.42. The van der Waals surface area contributed by atoms with Crippen molar-refractivity contribution in [3.05, 3.63) is 35.4 Å². The number of rotatable bonds is 0. The van der Waals surface area contributed by atoms with Crippen molar-refractivity contribution in [2.45, 2.75) is 19.3 Å². The molecule has 0 heterocycles. The van der Waals surface area contributed by atoms with Crippen molar-refractivity contribution < 1.29 is 4.79 Å². The molecule has 2 aliphatic carbocycles. The molecule has 0 aliphatic heterocycles. The molecule has 2 unspecified atom stereocenters. The lowest BCUT2D eigenvalue weighted by Gasteiger charge is -2.39. The third-order valence-electron chi connectivity index (χ3n) is 3.49. The molecule has 1 heteroatoms. The Bertz CT molecular complexity index is 367. The van der Waals surface area contributed by atoms with Crippen LogP contribution in [0.4, 0.5) is 0 Å². The Morgan fingerprint density at radius 3 is 2.38 bits per heavy atom. The second kappa shape index (κ2) is 2.44. The van der Waals surface area contributed by atoms with Crippen LogP contribution in [0.25, 0.3) is 0 Å². The molecule has 13 heavy (non-hydrogen) atoms. The average molecular weight is 172 g/mol. The number of hydrogen-bond acceptors (Lipinski definition) is 1. The molecule has 3 rings (SSSR count). The van der Waals surface area contributed by atoms with E-state index >= 15 is 0 Å². The van der Waals surface area contributed by atoms with Gasteiger partial charge in [-0.05, 0) is 29.9 Å². The monoisotopic (exact) mass is 172 g/mol.